The van der Waals surface area contributed by atoms with Gasteiger partial charge in [-0.25, -0.2) is 0 Å². The van der Waals surface area contributed by atoms with E-state index in [4.69, 9.17) is 11.6 Å². The van der Waals surface area contributed by atoms with Crippen LogP contribution < -0.4 is 4.74 Å². The van der Waals surface area contributed by atoms with E-state index in [2.05, 4.69) is 4.74 Å². The van der Waals surface area contributed by atoms with Crippen LogP contribution in [0.15, 0.2) is 18.2 Å². The molecule has 0 unspecified atom stereocenters. The summed E-state index contributed by atoms with van der Waals surface area (Å²) < 4.78 is 64.0. The fraction of sp³-hybridized carbons (Fsp3) is 0.333. The van der Waals surface area contributed by atoms with E-state index in [-0.39, 0.29) is 5.02 Å². The molecule has 0 N–H and O–H groups in total. The molecule has 1 rings (SSSR count). The van der Waals surface area contributed by atoms with Crippen molar-refractivity contribution in [3.05, 3.63) is 28.8 Å². The molecule has 0 aromatic heterocycles. The average Bonchev–Trinajstić information content (AvgIpc) is 2.08. The molecule has 0 saturated carbocycles. The van der Waals surface area contributed by atoms with Gasteiger partial charge in [-0.3, -0.25) is 0 Å². The zero-order valence-corrected chi connectivity index (χ0v) is 8.66. The number of halogens is 6. The second-order valence-corrected chi connectivity index (χ2v) is 3.46. The van der Waals surface area contributed by atoms with Gasteiger partial charge in [0.1, 0.15) is 5.75 Å². The molecule has 1 nitrogen and oxygen atoms in total. The van der Waals surface area contributed by atoms with Gasteiger partial charge in [0, 0.05) is 0 Å². The Bertz CT molecular complexity index is 388. The quantitative estimate of drug-likeness (QED) is 0.725. The number of ether oxygens (including phenoxy) is 1. The van der Waals surface area contributed by atoms with Gasteiger partial charge < -0.3 is 4.74 Å². The average molecular weight is 261 g/mol. The summed E-state index contributed by atoms with van der Waals surface area (Å²) in [4.78, 5) is 0. The topological polar surface area (TPSA) is 9.23 Å². The number of hydrogen-bond donors (Lipinski definition) is 0. The Morgan fingerprint density at radius 2 is 1.69 bits per heavy atom. The zero-order valence-electron chi connectivity index (χ0n) is 7.91. The molecule has 0 radical (unpaired) electrons. The Morgan fingerprint density at radius 3 is 2.12 bits per heavy atom. The van der Waals surface area contributed by atoms with Gasteiger partial charge in [-0.15, -0.1) is 0 Å². The van der Waals surface area contributed by atoms with Crippen molar-refractivity contribution in [2.45, 2.75) is 19.2 Å². The van der Waals surface area contributed by atoms with E-state index in [0.29, 0.717) is 5.56 Å². The Balaban J connectivity index is 2.97. The van der Waals surface area contributed by atoms with Crippen LogP contribution in [-0.4, -0.2) is 12.3 Å². The molecule has 16 heavy (non-hydrogen) atoms. The molecule has 1 aromatic carbocycles. The SMILES string of the molecule is Cc1ccc(OC(F)(F)C(F)(F)F)c(Cl)c1. The number of aryl methyl sites for hydroxylation is 1. The highest BCUT2D eigenvalue weighted by Crippen LogP contribution is 2.39. The van der Waals surface area contributed by atoms with E-state index < -0.39 is 18.0 Å². The molecular formula is C9H6ClF5O. The number of rotatable bonds is 2. The van der Waals surface area contributed by atoms with Gasteiger partial charge in [-0.2, -0.15) is 22.0 Å². The smallest absolute Gasteiger partial charge is 0.424 e. The van der Waals surface area contributed by atoms with Crippen molar-refractivity contribution >= 4 is 11.6 Å². The maximum atomic E-state index is 12.5. The van der Waals surface area contributed by atoms with Crippen molar-refractivity contribution in [1.29, 1.82) is 0 Å². The van der Waals surface area contributed by atoms with Gasteiger partial charge in [0.25, 0.3) is 0 Å². The second kappa shape index (κ2) is 4.08. The summed E-state index contributed by atoms with van der Waals surface area (Å²) in [5.41, 5.74) is 0.618. The van der Waals surface area contributed by atoms with E-state index in [1.54, 1.807) is 6.92 Å². The van der Waals surface area contributed by atoms with E-state index >= 15 is 0 Å². The maximum Gasteiger partial charge on any atom is 0.499 e. The van der Waals surface area contributed by atoms with E-state index in [1.165, 1.54) is 12.1 Å². The van der Waals surface area contributed by atoms with Crippen LogP contribution in [0.3, 0.4) is 0 Å². The summed E-state index contributed by atoms with van der Waals surface area (Å²) in [6.07, 6.45) is -11.0. The Morgan fingerprint density at radius 1 is 1.12 bits per heavy atom. The number of hydrogen-bond acceptors (Lipinski definition) is 1. The first-order chi connectivity index (χ1) is 7.13. The second-order valence-electron chi connectivity index (χ2n) is 3.05. The molecule has 7 heteroatoms. The van der Waals surface area contributed by atoms with Crippen LogP contribution in [0.25, 0.3) is 0 Å². The molecule has 0 atom stereocenters. The van der Waals surface area contributed by atoms with Crippen LogP contribution in [0.4, 0.5) is 22.0 Å². The zero-order chi connectivity index (χ0) is 12.6. The monoisotopic (exact) mass is 260 g/mol. The van der Waals surface area contributed by atoms with Gasteiger partial charge in [0.05, 0.1) is 5.02 Å². The highest BCUT2D eigenvalue weighted by Gasteiger charge is 2.61. The fourth-order valence-corrected chi connectivity index (χ4v) is 1.16. The van der Waals surface area contributed by atoms with Gasteiger partial charge in [0.15, 0.2) is 0 Å². The van der Waals surface area contributed by atoms with Crippen LogP contribution in [-0.2, 0) is 0 Å². The number of alkyl halides is 5. The molecule has 1 aromatic rings. The molecule has 0 heterocycles. The van der Waals surface area contributed by atoms with Crippen molar-refractivity contribution in [2.24, 2.45) is 0 Å². The molecule has 0 bridgehead atoms. The Hall–Kier alpha value is -1.04. The maximum absolute atomic E-state index is 12.5. The third-order valence-electron chi connectivity index (χ3n) is 1.66. The molecule has 0 aliphatic rings. The highest BCUT2D eigenvalue weighted by molar-refractivity contribution is 6.32. The minimum atomic E-state index is -5.78. The summed E-state index contributed by atoms with van der Waals surface area (Å²) in [5.74, 6) is -0.713. The minimum absolute atomic E-state index is 0.302. The molecule has 90 valence electrons. The lowest BCUT2D eigenvalue weighted by Crippen LogP contribution is -2.41. The summed E-state index contributed by atoms with van der Waals surface area (Å²) in [7, 11) is 0. The lowest BCUT2D eigenvalue weighted by molar-refractivity contribution is -0.360. The van der Waals surface area contributed by atoms with Crippen LogP contribution in [0.5, 0.6) is 5.75 Å². The van der Waals surface area contributed by atoms with Crippen LogP contribution in [0, 0.1) is 6.92 Å². The molecular weight excluding hydrogens is 255 g/mol. The molecule has 0 spiro atoms. The predicted molar refractivity (Wildman–Crippen MR) is 47.8 cm³/mol. The van der Waals surface area contributed by atoms with Crippen molar-refractivity contribution in [2.75, 3.05) is 0 Å². The highest BCUT2D eigenvalue weighted by atomic mass is 35.5. The molecule has 0 amide bonds. The summed E-state index contributed by atoms with van der Waals surface area (Å²) in [6, 6.07) is 3.49. The standard InChI is InChI=1S/C9H6ClF5O/c1-5-2-3-7(6(10)4-5)16-9(14,15)8(11,12)13/h2-4H,1H3. The molecule has 0 fully saturated rings. The van der Waals surface area contributed by atoms with E-state index in [1.807, 2.05) is 0 Å². The van der Waals surface area contributed by atoms with Gasteiger partial charge in [0.2, 0.25) is 0 Å². The van der Waals surface area contributed by atoms with Crippen LogP contribution >= 0.6 is 11.6 Å². The molecule has 0 aliphatic heterocycles. The van der Waals surface area contributed by atoms with Gasteiger partial charge >= 0.3 is 12.3 Å². The van der Waals surface area contributed by atoms with Crippen LogP contribution in [0.2, 0.25) is 5.02 Å². The van der Waals surface area contributed by atoms with Gasteiger partial charge in [-0.1, -0.05) is 17.7 Å². The van der Waals surface area contributed by atoms with Crippen molar-refractivity contribution < 1.29 is 26.7 Å². The lowest BCUT2D eigenvalue weighted by atomic mass is 10.2. The third kappa shape index (κ3) is 2.75. The Kier molecular flexibility index (Phi) is 3.33. The summed E-state index contributed by atoms with van der Waals surface area (Å²) in [6.45, 7) is 1.61. The lowest BCUT2D eigenvalue weighted by Gasteiger charge is -2.20. The first-order valence-corrected chi connectivity index (χ1v) is 4.41. The first kappa shape index (κ1) is 13.0. The summed E-state index contributed by atoms with van der Waals surface area (Å²) >= 11 is 5.46. The third-order valence-corrected chi connectivity index (χ3v) is 1.95. The van der Waals surface area contributed by atoms with E-state index in [9.17, 15) is 22.0 Å². The molecule has 0 saturated heterocycles. The normalized spacial score (nSPS) is 12.7. The minimum Gasteiger partial charge on any atom is -0.424 e. The largest absolute Gasteiger partial charge is 0.499 e. The first-order valence-electron chi connectivity index (χ1n) is 4.03. The van der Waals surface area contributed by atoms with Crippen LogP contribution in [0.1, 0.15) is 5.56 Å². The van der Waals surface area contributed by atoms with E-state index in [0.717, 1.165) is 6.07 Å². The molecule has 0 aliphatic carbocycles. The Labute approximate surface area is 92.8 Å². The van der Waals surface area contributed by atoms with Crippen molar-refractivity contribution in [1.82, 2.24) is 0 Å². The number of benzene rings is 1. The summed E-state index contributed by atoms with van der Waals surface area (Å²) in [5, 5.41) is -0.302. The van der Waals surface area contributed by atoms with Crippen molar-refractivity contribution in [3.63, 3.8) is 0 Å². The fourth-order valence-electron chi connectivity index (χ4n) is 0.885. The van der Waals surface area contributed by atoms with Crippen molar-refractivity contribution in [3.8, 4) is 5.75 Å². The predicted octanol–water partition coefficient (Wildman–Crippen LogP) is 4.18. The van der Waals surface area contributed by atoms with Gasteiger partial charge in [-0.05, 0) is 24.6 Å².